The molecule has 1 aliphatic rings. The highest BCUT2D eigenvalue weighted by Gasteiger charge is 2.33. The number of thioether (sulfide) groups is 1. The third-order valence-electron chi connectivity index (χ3n) is 4.23. The average Bonchev–Trinajstić information content (AvgIpc) is 3.20. The lowest BCUT2D eigenvalue weighted by atomic mass is 10.0. The van der Waals surface area contributed by atoms with Crippen LogP contribution in [0.2, 0.25) is 0 Å². The van der Waals surface area contributed by atoms with Crippen molar-refractivity contribution in [2.24, 2.45) is 0 Å². The molecule has 0 fully saturated rings. The molecule has 2 heterocycles. The summed E-state index contributed by atoms with van der Waals surface area (Å²) < 4.78 is 6.69. The number of aromatic nitrogens is 2. The largest absolute Gasteiger partial charge is 0.489 e. The van der Waals surface area contributed by atoms with Gasteiger partial charge >= 0.3 is 0 Å². The number of rotatable bonds is 5. The van der Waals surface area contributed by atoms with Crippen molar-refractivity contribution in [3.63, 3.8) is 0 Å². The number of amides is 1. The van der Waals surface area contributed by atoms with Crippen LogP contribution in [0.25, 0.3) is 0 Å². The number of nitrogens with one attached hydrogen (secondary N) is 1. The first-order valence-electron chi connectivity index (χ1n) is 8.49. The molecule has 1 N–H and O–H groups in total. The van der Waals surface area contributed by atoms with Crippen molar-refractivity contribution in [3.8, 4) is 5.75 Å². The first-order chi connectivity index (χ1) is 13.3. The maximum Gasteiger partial charge on any atom is 0.238 e. The highest BCUT2D eigenvalue weighted by Crippen LogP contribution is 2.40. The van der Waals surface area contributed by atoms with Gasteiger partial charge in [-0.1, -0.05) is 65.6 Å². The van der Waals surface area contributed by atoms with Gasteiger partial charge in [-0.05, 0) is 17.7 Å². The van der Waals surface area contributed by atoms with Crippen LogP contribution in [0.15, 0.2) is 58.9 Å². The molecule has 0 radical (unpaired) electrons. The molecule has 0 unspecified atom stereocenters. The molecule has 4 rings (SSSR count). The Morgan fingerprint density at radius 1 is 1.22 bits per heavy atom. The Kier molecular flexibility index (Phi) is 5.26. The number of carbonyl (C=O) groups is 1. The highest BCUT2D eigenvalue weighted by molar-refractivity contribution is 8.01. The van der Waals surface area contributed by atoms with E-state index in [1.165, 1.54) is 23.1 Å². The monoisotopic (exact) mass is 398 g/mol. The molecule has 1 aliphatic heterocycles. The van der Waals surface area contributed by atoms with E-state index in [4.69, 9.17) is 4.74 Å². The zero-order chi connectivity index (χ0) is 18.6. The van der Waals surface area contributed by atoms with Crippen LogP contribution in [-0.2, 0) is 4.79 Å². The summed E-state index contributed by atoms with van der Waals surface area (Å²) in [4.78, 5) is 15.0. The number of nitrogens with zero attached hydrogens (tertiary/aromatic N) is 3. The van der Waals surface area contributed by atoms with Crippen molar-refractivity contribution in [2.45, 2.75) is 10.4 Å². The number of hydrogen-bond donors (Lipinski definition) is 1. The van der Waals surface area contributed by atoms with E-state index in [0.717, 1.165) is 26.5 Å². The zero-order valence-electron chi connectivity index (χ0n) is 14.7. The summed E-state index contributed by atoms with van der Waals surface area (Å²) in [7, 11) is 1.80. The van der Waals surface area contributed by atoms with Crippen molar-refractivity contribution < 1.29 is 9.53 Å². The topological polar surface area (TPSA) is 67.4 Å². The Balaban J connectivity index is 1.60. The minimum absolute atomic E-state index is 0.0193. The first kappa shape index (κ1) is 17.8. The van der Waals surface area contributed by atoms with Crippen LogP contribution < -0.4 is 15.0 Å². The van der Waals surface area contributed by atoms with E-state index < -0.39 is 0 Å². The molecule has 1 atom stereocenters. The van der Waals surface area contributed by atoms with Gasteiger partial charge in [0.15, 0.2) is 4.34 Å². The van der Waals surface area contributed by atoms with Crippen molar-refractivity contribution in [3.05, 3.63) is 60.2 Å². The fraction of sp³-hybridized carbons (Fsp3) is 0.211. The molecule has 0 spiro atoms. The highest BCUT2D eigenvalue weighted by atomic mass is 32.2. The molecule has 0 aliphatic carbocycles. The molecule has 0 bridgehead atoms. The summed E-state index contributed by atoms with van der Waals surface area (Å²) in [5.74, 6) is 1.04. The molecule has 27 heavy (non-hydrogen) atoms. The van der Waals surface area contributed by atoms with E-state index in [9.17, 15) is 4.79 Å². The lowest BCUT2D eigenvalue weighted by Gasteiger charge is -2.37. The van der Waals surface area contributed by atoms with Crippen LogP contribution in [0.3, 0.4) is 0 Å². The van der Waals surface area contributed by atoms with Crippen LogP contribution in [0.1, 0.15) is 11.6 Å². The lowest BCUT2D eigenvalue weighted by Crippen LogP contribution is -2.42. The Hall–Kier alpha value is -2.58. The molecule has 6 nitrogen and oxygen atoms in total. The van der Waals surface area contributed by atoms with Crippen LogP contribution in [0.5, 0.6) is 5.75 Å². The molecule has 3 aromatic rings. The van der Waals surface area contributed by atoms with Crippen LogP contribution in [0, 0.1) is 0 Å². The Bertz CT molecular complexity index is 932. The molecule has 138 valence electrons. The molecule has 8 heteroatoms. The van der Waals surface area contributed by atoms with E-state index in [2.05, 4.69) is 15.5 Å². The first-order valence-corrected chi connectivity index (χ1v) is 10.3. The van der Waals surface area contributed by atoms with E-state index in [0.29, 0.717) is 6.61 Å². The number of para-hydroxylation sites is 2. The van der Waals surface area contributed by atoms with Crippen molar-refractivity contribution in [1.29, 1.82) is 0 Å². The normalized spacial score (nSPS) is 15.7. The molecular weight excluding hydrogens is 380 g/mol. The quantitative estimate of drug-likeness (QED) is 0.659. The van der Waals surface area contributed by atoms with Gasteiger partial charge in [0.05, 0.1) is 17.5 Å². The number of hydrogen-bond acceptors (Lipinski definition) is 7. The molecule has 0 saturated carbocycles. The number of benzene rings is 2. The molecular formula is C19H18N4O2S2. The van der Waals surface area contributed by atoms with Gasteiger partial charge in [0, 0.05) is 7.05 Å². The third-order valence-corrected chi connectivity index (χ3v) is 6.28. The van der Waals surface area contributed by atoms with Gasteiger partial charge in [-0.3, -0.25) is 9.69 Å². The summed E-state index contributed by atoms with van der Waals surface area (Å²) in [6, 6.07) is 17.5. The summed E-state index contributed by atoms with van der Waals surface area (Å²) in [6.45, 7) is 0.431. The Morgan fingerprint density at radius 3 is 2.78 bits per heavy atom. The van der Waals surface area contributed by atoms with Gasteiger partial charge in [0.25, 0.3) is 0 Å². The van der Waals surface area contributed by atoms with Gasteiger partial charge in [-0.25, -0.2) is 0 Å². The van der Waals surface area contributed by atoms with Crippen molar-refractivity contribution in [2.75, 3.05) is 29.6 Å². The zero-order valence-corrected chi connectivity index (χ0v) is 16.3. The van der Waals surface area contributed by atoms with E-state index in [1.807, 2.05) is 59.5 Å². The maximum absolute atomic E-state index is 13.2. The SMILES string of the molecule is CNc1nnc(SCC(=O)N2c3ccccc3OC[C@@H]2c2ccccc2)s1. The third kappa shape index (κ3) is 3.77. The summed E-state index contributed by atoms with van der Waals surface area (Å²) >= 11 is 2.84. The second-order valence-corrected chi connectivity index (χ2v) is 8.08. The van der Waals surface area contributed by atoms with Gasteiger partial charge in [0.2, 0.25) is 11.0 Å². The fourth-order valence-corrected chi connectivity index (χ4v) is 4.54. The molecule has 2 aromatic carbocycles. The number of fused-ring (bicyclic) bond motifs is 1. The fourth-order valence-electron chi connectivity index (χ4n) is 2.98. The predicted molar refractivity (Wildman–Crippen MR) is 109 cm³/mol. The van der Waals surface area contributed by atoms with E-state index in [-0.39, 0.29) is 17.7 Å². The second kappa shape index (κ2) is 7.98. The Labute approximate surface area is 165 Å². The van der Waals surface area contributed by atoms with Gasteiger partial charge in [-0.2, -0.15) is 0 Å². The molecule has 0 saturated heterocycles. The minimum atomic E-state index is -0.156. The lowest BCUT2D eigenvalue weighted by molar-refractivity contribution is -0.117. The van der Waals surface area contributed by atoms with Gasteiger partial charge < -0.3 is 10.1 Å². The van der Waals surface area contributed by atoms with Gasteiger partial charge in [-0.15, -0.1) is 10.2 Å². The van der Waals surface area contributed by atoms with Crippen molar-refractivity contribution in [1.82, 2.24) is 10.2 Å². The molecule has 1 amide bonds. The number of ether oxygens (including phenoxy) is 1. The summed E-state index contributed by atoms with van der Waals surface area (Å²) in [5, 5.41) is 11.8. The molecule has 1 aromatic heterocycles. The number of anilines is 2. The summed E-state index contributed by atoms with van der Waals surface area (Å²) in [5.41, 5.74) is 1.86. The maximum atomic E-state index is 13.2. The van der Waals surface area contributed by atoms with Gasteiger partial charge in [0.1, 0.15) is 12.4 Å². The second-order valence-electron chi connectivity index (χ2n) is 5.88. The van der Waals surface area contributed by atoms with E-state index >= 15 is 0 Å². The minimum Gasteiger partial charge on any atom is -0.489 e. The smallest absolute Gasteiger partial charge is 0.238 e. The van der Waals surface area contributed by atoms with Crippen molar-refractivity contribution >= 4 is 39.8 Å². The number of carbonyl (C=O) groups excluding carboxylic acids is 1. The Morgan fingerprint density at radius 2 is 2.00 bits per heavy atom. The standard InChI is InChI=1S/C19H18N4O2S2/c1-20-18-21-22-19(27-18)26-12-17(24)23-14-9-5-6-10-16(14)25-11-15(23)13-7-3-2-4-8-13/h2-10,15H,11-12H2,1H3,(H,20,21)/t15-/m1/s1. The summed E-state index contributed by atoms with van der Waals surface area (Å²) in [6.07, 6.45) is 0. The van der Waals surface area contributed by atoms with Crippen LogP contribution in [0.4, 0.5) is 10.8 Å². The average molecular weight is 399 g/mol. The predicted octanol–water partition coefficient (Wildman–Crippen LogP) is 3.84. The van der Waals surface area contributed by atoms with E-state index in [1.54, 1.807) is 7.05 Å². The van der Waals surface area contributed by atoms with Crippen LogP contribution in [-0.4, -0.2) is 35.5 Å². The van der Waals surface area contributed by atoms with Crippen LogP contribution >= 0.6 is 23.1 Å².